The van der Waals surface area contributed by atoms with Crippen LogP contribution >= 0.6 is 11.8 Å². The second-order valence-electron chi connectivity index (χ2n) is 10.6. The van der Waals surface area contributed by atoms with E-state index in [1.165, 1.54) is 47.0 Å². The highest BCUT2D eigenvalue weighted by Gasteiger charge is 2.33. The standard InChI is InChI=1S/C32H31F3N6O3S/c1-20-15-21(2)28(22(3)16-20)41-27(42)18-45-31(41)38-30(43)36-14-5-4-7-23-8-6-9-24(17-23)29-37-19-40(39-29)25-10-12-26(13-11-25)44-32(33,34)35/h6,8-13,15-17,19H,4-5,7,14,18H2,1-3H3,(H,36,43)/b38-31-. The van der Waals surface area contributed by atoms with E-state index >= 15 is 0 Å². The molecule has 45 heavy (non-hydrogen) atoms. The molecule has 5 rings (SSSR count). The third-order valence-corrected chi connectivity index (χ3v) is 7.93. The minimum Gasteiger partial charge on any atom is -0.406 e. The molecule has 9 nitrogen and oxygen atoms in total. The monoisotopic (exact) mass is 636 g/mol. The summed E-state index contributed by atoms with van der Waals surface area (Å²) in [7, 11) is 0. The van der Waals surface area contributed by atoms with Crippen LogP contribution in [0.2, 0.25) is 0 Å². The van der Waals surface area contributed by atoms with Gasteiger partial charge >= 0.3 is 12.4 Å². The van der Waals surface area contributed by atoms with Crippen LogP contribution in [0.1, 0.15) is 35.1 Å². The van der Waals surface area contributed by atoms with Gasteiger partial charge in [0.15, 0.2) is 11.0 Å². The number of aliphatic imine (C=N–C) groups is 1. The molecule has 1 aliphatic heterocycles. The Hall–Kier alpha value is -4.65. The molecular formula is C32H31F3N6O3S. The van der Waals surface area contributed by atoms with E-state index in [-0.39, 0.29) is 17.4 Å². The van der Waals surface area contributed by atoms with Crippen molar-refractivity contribution in [3.8, 4) is 22.8 Å². The van der Waals surface area contributed by atoms with E-state index in [0.29, 0.717) is 23.2 Å². The number of benzene rings is 3. The summed E-state index contributed by atoms with van der Waals surface area (Å²) < 4.78 is 42.7. The summed E-state index contributed by atoms with van der Waals surface area (Å²) in [6, 6.07) is 16.7. The van der Waals surface area contributed by atoms with Crippen molar-refractivity contribution in [3.05, 3.63) is 89.2 Å². The Morgan fingerprint density at radius 1 is 1.04 bits per heavy atom. The zero-order chi connectivity index (χ0) is 32.1. The lowest BCUT2D eigenvalue weighted by Crippen LogP contribution is -2.32. The van der Waals surface area contributed by atoms with Gasteiger partial charge in [-0.25, -0.2) is 14.5 Å². The second-order valence-corrected chi connectivity index (χ2v) is 11.5. The lowest BCUT2D eigenvalue weighted by molar-refractivity contribution is -0.274. The molecule has 0 spiro atoms. The largest absolute Gasteiger partial charge is 0.573 e. The van der Waals surface area contributed by atoms with Crippen LogP contribution in [0.15, 0.2) is 72.0 Å². The van der Waals surface area contributed by atoms with Crippen molar-refractivity contribution in [3.63, 3.8) is 0 Å². The van der Waals surface area contributed by atoms with Crippen molar-refractivity contribution in [1.82, 2.24) is 20.1 Å². The van der Waals surface area contributed by atoms with Gasteiger partial charge in [0.1, 0.15) is 12.1 Å². The Labute approximate surface area is 262 Å². The second kappa shape index (κ2) is 13.6. The average Bonchev–Trinajstić information content (AvgIpc) is 3.60. The highest BCUT2D eigenvalue weighted by molar-refractivity contribution is 8.15. The number of rotatable bonds is 9. The van der Waals surface area contributed by atoms with Crippen LogP contribution in [0.3, 0.4) is 0 Å². The first-order chi connectivity index (χ1) is 21.5. The van der Waals surface area contributed by atoms with Gasteiger partial charge in [-0.2, -0.15) is 4.99 Å². The number of aromatic nitrogens is 3. The van der Waals surface area contributed by atoms with Gasteiger partial charge in [-0.1, -0.05) is 47.7 Å². The summed E-state index contributed by atoms with van der Waals surface area (Å²) >= 11 is 1.26. The van der Waals surface area contributed by atoms with Crippen molar-refractivity contribution in [1.29, 1.82) is 0 Å². The fourth-order valence-corrected chi connectivity index (χ4v) is 6.00. The Morgan fingerprint density at radius 2 is 1.78 bits per heavy atom. The van der Waals surface area contributed by atoms with Crippen LogP contribution in [-0.4, -0.2) is 50.5 Å². The van der Waals surface area contributed by atoms with Gasteiger partial charge in [0.2, 0.25) is 5.91 Å². The molecule has 0 atom stereocenters. The number of nitrogens with zero attached hydrogens (tertiary/aromatic N) is 5. The molecule has 1 aliphatic rings. The number of amidine groups is 1. The van der Waals surface area contributed by atoms with E-state index in [2.05, 4.69) is 25.1 Å². The summed E-state index contributed by atoms with van der Waals surface area (Å²) in [6.07, 6.45) is -0.945. The number of thioether (sulfide) groups is 1. The predicted octanol–water partition coefficient (Wildman–Crippen LogP) is 6.93. The summed E-state index contributed by atoms with van der Waals surface area (Å²) in [5.41, 5.74) is 6.21. The van der Waals surface area contributed by atoms with Gasteiger partial charge in [0.05, 0.1) is 17.1 Å². The van der Waals surface area contributed by atoms with Gasteiger partial charge in [0, 0.05) is 12.1 Å². The average molecular weight is 637 g/mol. The van der Waals surface area contributed by atoms with Crippen LogP contribution in [0.25, 0.3) is 17.1 Å². The number of hydrogen-bond donors (Lipinski definition) is 1. The zero-order valence-electron chi connectivity index (χ0n) is 24.9. The van der Waals surface area contributed by atoms with Crippen LogP contribution in [0.4, 0.5) is 23.7 Å². The lowest BCUT2D eigenvalue weighted by atomic mass is 10.0. The van der Waals surface area contributed by atoms with Crippen molar-refractivity contribution >= 4 is 34.6 Å². The molecule has 13 heteroatoms. The van der Waals surface area contributed by atoms with Crippen molar-refractivity contribution < 1.29 is 27.5 Å². The number of halogens is 3. The van der Waals surface area contributed by atoms with Gasteiger partial charge in [-0.3, -0.25) is 9.69 Å². The molecule has 1 saturated heterocycles. The van der Waals surface area contributed by atoms with Gasteiger partial charge in [0.25, 0.3) is 0 Å². The first-order valence-electron chi connectivity index (χ1n) is 14.2. The third kappa shape index (κ3) is 8.09. The number of amides is 3. The fourth-order valence-electron chi connectivity index (χ4n) is 5.15. The number of alkyl halides is 3. The molecule has 0 radical (unpaired) electrons. The molecule has 0 aliphatic carbocycles. The molecule has 1 N–H and O–H groups in total. The van der Waals surface area contributed by atoms with E-state index in [9.17, 15) is 22.8 Å². The molecular weight excluding hydrogens is 605 g/mol. The van der Waals surface area contributed by atoms with Crippen LogP contribution < -0.4 is 15.0 Å². The van der Waals surface area contributed by atoms with Gasteiger partial charge in [-0.05, 0) is 87.1 Å². The molecule has 2 heterocycles. The van der Waals surface area contributed by atoms with E-state index < -0.39 is 12.4 Å². The molecule has 1 aromatic heterocycles. The first-order valence-corrected chi connectivity index (χ1v) is 15.2. The van der Waals surface area contributed by atoms with Crippen molar-refractivity contribution in [2.45, 2.75) is 46.4 Å². The molecule has 1 fully saturated rings. The fraction of sp³-hybridized carbons (Fsp3) is 0.281. The Balaban J connectivity index is 1.12. The maximum Gasteiger partial charge on any atom is 0.573 e. The highest BCUT2D eigenvalue weighted by Crippen LogP contribution is 2.33. The topological polar surface area (TPSA) is 102 Å². The number of hydrogen-bond acceptors (Lipinski definition) is 6. The van der Waals surface area contributed by atoms with Crippen molar-refractivity contribution in [2.75, 3.05) is 17.2 Å². The molecule has 3 aromatic carbocycles. The first kappa shape index (κ1) is 31.8. The van der Waals surface area contributed by atoms with E-state index in [1.807, 2.05) is 57.2 Å². The third-order valence-electron chi connectivity index (χ3n) is 7.00. The Bertz CT molecular complexity index is 1710. The smallest absolute Gasteiger partial charge is 0.406 e. The highest BCUT2D eigenvalue weighted by atomic mass is 32.2. The molecule has 0 unspecified atom stereocenters. The molecule has 234 valence electrons. The Morgan fingerprint density at radius 3 is 2.49 bits per heavy atom. The minimum absolute atomic E-state index is 0.0978. The quantitative estimate of drug-likeness (QED) is 0.200. The SMILES string of the molecule is Cc1cc(C)c(N2C(=O)CS/C2=N\C(=O)NCCCCc2cccc(-c3ncn(-c4ccc(OC(F)(F)F)cc4)n3)c2)c(C)c1. The maximum absolute atomic E-state index is 12.7. The Kier molecular flexibility index (Phi) is 9.57. The molecule has 4 aromatic rings. The number of unbranched alkanes of at least 4 members (excludes halogenated alkanes) is 1. The predicted molar refractivity (Wildman–Crippen MR) is 168 cm³/mol. The van der Waals surface area contributed by atoms with Crippen LogP contribution in [0.5, 0.6) is 5.75 Å². The molecule has 3 amide bonds. The number of carbonyl (C=O) groups excluding carboxylic acids is 2. The number of urea groups is 1. The molecule has 0 saturated carbocycles. The van der Waals surface area contributed by atoms with Crippen molar-refractivity contribution in [2.24, 2.45) is 4.99 Å². The van der Waals surface area contributed by atoms with Crippen LogP contribution in [-0.2, 0) is 11.2 Å². The van der Waals surface area contributed by atoms with Gasteiger partial charge < -0.3 is 10.1 Å². The number of nitrogens with one attached hydrogen (secondary N) is 1. The number of carbonyl (C=O) groups is 2. The van der Waals surface area contributed by atoms with E-state index in [0.717, 1.165) is 52.8 Å². The summed E-state index contributed by atoms with van der Waals surface area (Å²) in [5, 5.41) is 7.68. The number of aryl methyl sites for hydroxylation is 4. The van der Waals surface area contributed by atoms with E-state index in [4.69, 9.17) is 0 Å². The summed E-state index contributed by atoms with van der Waals surface area (Å²) in [6.45, 7) is 6.34. The lowest BCUT2D eigenvalue weighted by Gasteiger charge is -2.21. The summed E-state index contributed by atoms with van der Waals surface area (Å²) in [5.74, 6) is 0.305. The molecule has 0 bridgehead atoms. The normalized spacial score (nSPS) is 14.3. The minimum atomic E-state index is -4.75. The number of ether oxygens (including phenoxy) is 1. The van der Waals surface area contributed by atoms with Gasteiger partial charge in [-0.15, -0.1) is 18.3 Å². The van der Waals surface area contributed by atoms with Crippen LogP contribution in [0, 0.1) is 20.8 Å². The zero-order valence-corrected chi connectivity index (χ0v) is 25.7. The summed E-state index contributed by atoms with van der Waals surface area (Å²) in [4.78, 5) is 35.4. The maximum atomic E-state index is 12.7. The number of anilines is 1. The van der Waals surface area contributed by atoms with E-state index in [1.54, 1.807) is 4.90 Å².